The monoisotopic (exact) mass is 335 g/mol. The maximum Gasteiger partial charge on any atom is 0.348 e. The molecular weight excluding hydrogens is 314 g/mol. The summed E-state index contributed by atoms with van der Waals surface area (Å²) in [5, 5.41) is 10.4. The van der Waals surface area contributed by atoms with E-state index in [2.05, 4.69) is 14.9 Å². The molecular formula is C16H21N3O3S. The number of nitrogens with zero attached hydrogens (tertiary/aromatic N) is 3. The Morgan fingerprint density at radius 2 is 2.35 bits per heavy atom. The fraction of sp³-hybridized carbons (Fsp3) is 0.562. The number of rotatable bonds is 4. The van der Waals surface area contributed by atoms with Gasteiger partial charge in [0.2, 0.25) is 0 Å². The Balaban J connectivity index is 2.02. The van der Waals surface area contributed by atoms with Crippen molar-refractivity contribution in [3.63, 3.8) is 0 Å². The second kappa shape index (κ2) is 6.80. The highest BCUT2D eigenvalue weighted by molar-refractivity contribution is 7.20. The first-order valence-corrected chi connectivity index (χ1v) is 8.74. The molecule has 6 nitrogen and oxygen atoms in total. The van der Waals surface area contributed by atoms with Gasteiger partial charge < -0.3 is 14.7 Å². The van der Waals surface area contributed by atoms with Crippen LogP contribution in [0, 0.1) is 12.8 Å². The third-order valence-corrected chi connectivity index (χ3v) is 5.42. The molecule has 0 bridgehead atoms. The average molecular weight is 335 g/mol. The minimum Gasteiger partial charge on any atom is -0.462 e. The van der Waals surface area contributed by atoms with Crippen molar-refractivity contribution in [2.45, 2.75) is 26.7 Å². The Bertz CT molecular complexity index is 716. The molecule has 7 heteroatoms. The third-order valence-electron chi connectivity index (χ3n) is 4.24. The molecule has 0 saturated carbocycles. The molecule has 0 amide bonds. The van der Waals surface area contributed by atoms with Crippen LogP contribution in [0.1, 0.15) is 35.0 Å². The molecule has 1 fully saturated rings. The van der Waals surface area contributed by atoms with Crippen LogP contribution < -0.4 is 4.90 Å². The molecule has 3 rings (SSSR count). The summed E-state index contributed by atoms with van der Waals surface area (Å²) >= 11 is 1.35. The van der Waals surface area contributed by atoms with Gasteiger partial charge in [0, 0.05) is 19.7 Å². The predicted molar refractivity (Wildman–Crippen MR) is 90.1 cm³/mol. The van der Waals surface area contributed by atoms with Crippen molar-refractivity contribution >= 4 is 33.3 Å². The van der Waals surface area contributed by atoms with E-state index >= 15 is 0 Å². The fourth-order valence-corrected chi connectivity index (χ4v) is 4.13. The first-order chi connectivity index (χ1) is 11.2. The third kappa shape index (κ3) is 3.03. The number of thiophene rings is 1. The van der Waals surface area contributed by atoms with Crippen molar-refractivity contribution in [1.82, 2.24) is 9.97 Å². The van der Waals surface area contributed by atoms with Crippen molar-refractivity contribution in [3.05, 3.63) is 16.8 Å². The molecule has 2 aromatic heterocycles. The van der Waals surface area contributed by atoms with Gasteiger partial charge in [0.25, 0.3) is 0 Å². The lowest BCUT2D eigenvalue weighted by Gasteiger charge is -2.33. The second-order valence-corrected chi connectivity index (χ2v) is 6.79. The maximum atomic E-state index is 12.1. The van der Waals surface area contributed by atoms with Gasteiger partial charge in [-0.2, -0.15) is 0 Å². The van der Waals surface area contributed by atoms with Crippen LogP contribution in [-0.2, 0) is 4.74 Å². The van der Waals surface area contributed by atoms with Crippen molar-refractivity contribution in [1.29, 1.82) is 0 Å². The van der Waals surface area contributed by atoms with Crippen LogP contribution in [0.2, 0.25) is 0 Å². The summed E-state index contributed by atoms with van der Waals surface area (Å²) in [5.74, 6) is 0.834. The molecule has 0 spiro atoms. The number of aromatic nitrogens is 2. The van der Waals surface area contributed by atoms with E-state index in [0.717, 1.165) is 47.5 Å². The van der Waals surface area contributed by atoms with Crippen LogP contribution in [0.25, 0.3) is 10.2 Å². The zero-order valence-corrected chi connectivity index (χ0v) is 14.2. The molecule has 23 heavy (non-hydrogen) atoms. The molecule has 3 heterocycles. The van der Waals surface area contributed by atoms with Crippen LogP contribution in [0.3, 0.4) is 0 Å². The Hall–Kier alpha value is -1.73. The number of fused-ring (bicyclic) bond motifs is 1. The Morgan fingerprint density at radius 3 is 3.09 bits per heavy atom. The van der Waals surface area contributed by atoms with Gasteiger partial charge in [0.1, 0.15) is 21.9 Å². The SMILES string of the molecule is CCOC(=O)c1sc2ncnc(N3CCCC(CO)C3)c2c1C. The van der Waals surface area contributed by atoms with Crippen molar-refractivity contribution in [3.8, 4) is 0 Å². The topological polar surface area (TPSA) is 75.5 Å². The number of carbonyl (C=O) groups is 1. The number of esters is 1. The highest BCUT2D eigenvalue weighted by Crippen LogP contribution is 2.36. The minimum atomic E-state index is -0.300. The lowest BCUT2D eigenvalue weighted by Crippen LogP contribution is -2.37. The van der Waals surface area contributed by atoms with E-state index in [1.165, 1.54) is 11.3 Å². The van der Waals surface area contributed by atoms with Gasteiger partial charge in [0.05, 0.1) is 12.0 Å². The number of aliphatic hydroxyl groups excluding tert-OH is 1. The summed E-state index contributed by atoms with van der Waals surface area (Å²) in [6, 6.07) is 0. The number of ether oxygens (including phenoxy) is 1. The van der Waals surface area contributed by atoms with Crippen LogP contribution >= 0.6 is 11.3 Å². The highest BCUT2D eigenvalue weighted by atomic mass is 32.1. The molecule has 1 saturated heterocycles. The Kier molecular flexibility index (Phi) is 4.77. The first kappa shape index (κ1) is 16.1. The van der Waals surface area contributed by atoms with E-state index < -0.39 is 0 Å². The van der Waals surface area contributed by atoms with E-state index in [0.29, 0.717) is 11.5 Å². The van der Waals surface area contributed by atoms with Gasteiger partial charge >= 0.3 is 5.97 Å². The summed E-state index contributed by atoms with van der Waals surface area (Å²) in [4.78, 5) is 24.5. The number of hydrogen-bond donors (Lipinski definition) is 1. The number of piperidine rings is 1. The number of aliphatic hydroxyl groups is 1. The van der Waals surface area contributed by atoms with E-state index in [-0.39, 0.29) is 18.5 Å². The van der Waals surface area contributed by atoms with Crippen molar-refractivity contribution in [2.75, 3.05) is 31.2 Å². The summed E-state index contributed by atoms with van der Waals surface area (Å²) in [6.07, 6.45) is 3.62. The highest BCUT2D eigenvalue weighted by Gasteiger charge is 2.25. The molecule has 1 aliphatic rings. The van der Waals surface area contributed by atoms with E-state index in [4.69, 9.17) is 4.74 Å². The summed E-state index contributed by atoms with van der Waals surface area (Å²) in [6.45, 7) is 5.97. The van der Waals surface area contributed by atoms with Crippen LogP contribution in [0.15, 0.2) is 6.33 Å². The lowest BCUT2D eigenvalue weighted by molar-refractivity contribution is 0.0531. The molecule has 0 radical (unpaired) electrons. The molecule has 1 N–H and O–H groups in total. The van der Waals surface area contributed by atoms with E-state index in [9.17, 15) is 9.90 Å². The number of aryl methyl sites for hydroxylation is 1. The molecule has 124 valence electrons. The van der Waals surface area contributed by atoms with Crippen LogP contribution in [0.4, 0.5) is 5.82 Å². The zero-order chi connectivity index (χ0) is 16.4. The standard InChI is InChI=1S/C16H21N3O3S/c1-3-22-16(21)13-10(2)12-14(17-9-18-15(12)23-13)19-6-4-5-11(7-19)8-20/h9,11,20H,3-8H2,1-2H3. The molecule has 1 atom stereocenters. The van der Waals surface area contributed by atoms with Crippen molar-refractivity contribution in [2.24, 2.45) is 5.92 Å². The molecule has 1 unspecified atom stereocenters. The molecule has 0 aromatic carbocycles. The predicted octanol–water partition coefficient (Wildman–Crippen LogP) is 2.39. The largest absolute Gasteiger partial charge is 0.462 e. The quantitative estimate of drug-likeness (QED) is 0.865. The Labute approximate surface area is 139 Å². The van der Waals surface area contributed by atoms with E-state index in [1.807, 2.05) is 6.92 Å². The normalized spacial score (nSPS) is 18.4. The van der Waals surface area contributed by atoms with Gasteiger partial charge in [-0.15, -0.1) is 11.3 Å². The maximum absolute atomic E-state index is 12.1. The van der Waals surface area contributed by atoms with Gasteiger partial charge in [-0.3, -0.25) is 0 Å². The van der Waals surface area contributed by atoms with E-state index in [1.54, 1.807) is 13.3 Å². The summed E-state index contributed by atoms with van der Waals surface area (Å²) in [5.41, 5.74) is 0.880. The van der Waals surface area contributed by atoms with Gasteiger partial charge in [-0.05, 0) is 38.2 Å². The van der Waals surface area contributed by atoms with Gasteiger partial charge in [0.15, 0.2) is 0 Å². The van der Waals surface area contributed by atoms with Gasteiger partial charge in [-0.25, -0.2) is 14.8 Å². The second-order valence-electron chi connectivity index (χ2n) is 5.79. The number of carbonyl (C=O) groups excluding carboxylic acids is 1. The van der Waals surface area contributed by atoms with Crippen LogP contribution in [-0.4, -0.2) is 47.3 Å². The number of hydrogen-bond acceptors (Lipinski definition) is 7. The molecule has 2 aromatic rings. The summed E-state index contributed by atoms with van der Waals surface area (Å²) < 4.78 is 5.13. The first-order valence-electron chi connectivity index (χ1n) is 7.92. The lowest BCUT2D eigenvalue weighted by atomic mass is 9.99. The number of anilines is 1. The average Bonchev–Trinajstić information content (AvgIpc) is 2.92. The van der Waals surface area contributed by atoms with Gasteiger partial charge in [-0.1, -0.05) is 0 Å². The summed E-state index contributed by atoms with van der Waals surface area (Å²) in [7, 11) is 0. The molecule has 0 aliphatic carbocycles. The fourth-order valence-electron chi connectivity index (χ4n) is 3.09. The smallest absolute Gasteiger partial charge is 0.348 e. The van der Waals surface area contributed by atoms with Crippen molar-refractivity contribution < 1.29 is 14.6 Å². The zero-order valence-electron chi connectivity index (χ0n) is 13.4. The minimum absolute atomic E-state index is 0.196. The van der Waals surface area contributed by atoms with Crippen LogP contribution in [0.5, 0.6) is 0 Å². The molecule has 1 aliphatic heterocycles. The Morgan fingerprint density at radius 1 is 1.52 bits per heavy atom.